The van der Waals surface area contributed by atoms with Crippen LogP contribution in [0.3, 0.4) is 0 Å². The zero-order valence-electron chi connectivity index (χ0n) is 15.1. The number of rotatable bonds is 6. The van der Waals surface area contributed by atoms with Crippen molar-refractivity contribution in [2.45, 2.75) is 29.7 Å². The molecule has 1 atom stereocenters. The Balaban J connectivity index is 1.32. The Hall–Kier alpha value is -2.37. The van der Waals surface area contributed by atoms with Gasteiger partial charge in [-0.15, -0.1) is 11.8 Å². The van der Waals surface area contributed by atoms with Gasteiger partial charge in [0.1, 0.15) is 0 Å². The van der Waals surface area contributed by atoms with Crippen molar-refractivity contribution in [3.8, 4) is 0 Å². The van der Waals surface area contributed by atoms with Gasteiger partial charge in [-0.2, -0.15) is 0 Å². The maximum absolute atomic E-state index is 12.2. The molecule has 0 spiro atoms. The lowest BCUT2D eigenvalue weighted by atomic mass is 10.1. The summed E-state index contributed by atoms with van der Waals surface area (Å²) < 4.78 is 5.54. The number of para-hydroxylation sites is 1. The van der Waals surface area contributed by atoms with Gasteiger partial charge in [-0.25, -0.2) is 4.98 Å². The van der Waals surface area contributed by atoms with Crippen molar-refractivity contribution < 1.29 is 9.53 Å². The van der Waals surface area contributed by atoms with Crippen LogP contribution in [0.15, 0.2) is 65.7 Å². The minimum Gasteiger partial charge on any atom is -0.376 e. The van der Waals surface area contributed by atoms with Crippen molar-refractivity contribution in [3.05, 3.63) is 71.8 Å². The number of thioether (sulfide) groups is 1. The maximum atomic E-state index is 12.2. The molecule has 0 bridgehead atoms. The number of hydrogen-bond acceptors (Lipinski definition) is 4. The Bertz CT molecular complexity index is 921. The molecule has 0 aliphatic carbocycles. The Morgan fingerprint density at radius 2 is 1.96 bits per heavy atom. The smallest absolute Gasteiger partial charge is 0.251 e. The molecular formula is C22H22N2O2S. The van der Waals surface area contributed by atoms with Crippen LogP contribution < -0.4 is 5.32 Å². The highest BCUT2D eigenvalue weighted by Crippen LogP contribution is 2.23. The van der Waals surface area contributed by atoms with E-state index in [0.29, 0.717) is 12.1 Å². The van der Waals surface area contributed by atoms with Crippen LogP contribution >= 0.6 is 11.8 Å². The first-order chi connectivity index (χ1) is 13.3. The average molecular weight is 378 g/mol. The van der Waals surface area contributed by atoms with Crippen LogP contribution in [0.1, 0.15) is 28.8 Å². The van der Waals surface area contributed by atoms with Gasteiger partial charge in [0.05, 0.1) is 16.6 Å². The van der Waals surface area contributed by atoms with Gasteiger partial charge in [-0.3, -0.25) is 4.79 Å². The van der Waals surface area contributed by atoms with E-state index in [-0.39, 0.29) is 12.0 Å². The summed E-state index contributed by atoms with van der Waals surface area (Å²) in [6.45, 7) is 1.39. The number of amides is 1. The van der Waals surface area contributed by atoms with Gasteiger partial charge in [0, 0.05) is 29.9 Å². The van der Waals surface area contributed by atoms with Crippen molar-refractivity contribution >= 4 is 28.6 Å². The molecule has 1 unspecified atom stereocenters. The molecule has 0 saturated carbocycles. The standard InChI is InChI=1S/C22H22N2O2S/c25-22(23-14-19-5-3-13-26-19)18-9-7-16(8-10-18)15-27-21-12-11-17-4-1-2-6-20(17)24-21/h1-2,4,6-12,19H,3,5,13-15H2,(H,23,25). The first kappa shape index (κ1) is 18.0. The lowest BCUT2D eigenvalue weighted by Crippen LogP contribution is -2.31. The molecule has 4 nitrogen and oxygen atoms in total. The minimum atomic E-state index is -0.0408. The highest BCUT2D eigenvalue weighted by molar-refractivity contribution is 7.98. The van der Waals surface area contributed by atoms with E-state index in [9.17, 15) is 4.79 Å². The molecule has 5 heteroatoms. The molecular weight excluding hydrogens is 356 g/mol. The van der Waals surface area contributed by atoms with Gasteiger partial charge in [0.15, 0.2) is 0 Å². The summed E-state index contributed by atoms with van der Waals surface area (Å²) >= 11 is 1.70. The van der Waals surface area contributed by atoms with Crippen LogP contribution in [0.5, 0.6) is 0 Å². The Morgan fingerprint density at radius 3 is 2.78 bits per heavy atom. The average Bonchev–Trinajstić information content (AvgIpc) is 3.24. The van der Waals surface area contributed by atoms with Crippen LogP contribution in [0, 0.1) is 0 Å². The second-order valence-corrected chi connectivity index (χ2v) is 7.67. The van der Waals surface area contributed by atoms with Crippen LogP contribution in [0.4, 0.5) is 0 Å². The van der Waals surface area contributed by atoms with Gasteiger partial charge in [0.2, 0.25) is 0 Å². The molecule has 27 heavy (non-hydrogen) atoms. The molecule has 1 aliphatic rings. The van der Waals surface area contributed by atoms with E-state index in [1.807, 2.05) is 42.5 Å². The molecule has 0 radical (unpaired) electrons. The molecule has 1 aliphatic heterocycles. The van der Waals surface area contributed by atoms with E-state index >= 15 is 0 Å². The number of hydrogen-bond donors (Lipinski definition) is 1. The van der Waals surface area contributed by atoms with Gasteiger partial charge in [-0.05, 0) is 42.7 Å². The number of ether oxygens (including phenoxy) is 1. The number of carbonyl (C=O) groups is 1. The largest absolute Gasteiger partial charge is 0.376 e. The molecule has 1 aromatic heterocycles. The van der Waals surface area contributed by atoms with E-state index in [2.05, 4.69) is 28.5 Å². The Labute approximate surface area is 163 Å². The van der Waals surface area contributed by atoms with Crippen molar-refractivity contribution in [2.75, 3.05) is 13.2 Å². The molecule has 4 rings (SSSR count). The predicted octanol–water partition coefficient (Wildman–Crippen LogP) is 4.44. The SMILES string of the molecule is O=C(NCC1CCCO1)c1ccc(CSc2ccc3ccccc3n2)cc1. The third-order valence-corrected chi connectivity index (χ3v) is 5.69. The van der Waals surface area contributed by atoms with Crippen molar-refractivity contribution in [2.24, 2.45) is 0 Å². The molecule has 2 aromatic carbocycles. The number of carbonyl (C=O) groups excluding carboxylic acids is 1. The van der Waals surface area contributed by atoms with Gasteiger partial charge in [-0.1, -0.05) is 36.4 Å². The van der Waals surface area contributed by atoms with Gasteiger partial charge >= 0.3 is 0 Å². The second-order valence-electron chi connectivity index (χ2n) is 6.67. The summed E-state index contributed by atoms with van der Waals surface area (Å²) in [6, 6.07) is 20.1. The summed E-state index contributed by atoms with van der Waals surface area (Å²) in [4.78, 5) is 16.9. The topological polar surface area (TPSA) is 51.2 Å². The summed E-state index contributed by atoms with van der Waals surface area (Å²) in [6.07, 6.45) is 2.28. The van der Waals surface area contributed by atoms with Crippen LogP contribution in [-0.2, 0) is 10.5 Å². The molecule has 1 fully saturated rings. The lowest BCUT2D eigenvalue weighted by molar-refractivity contribution is 0.0858. The summed E-state index contributed by atoms with van der Waals surface area (Å²) in [5.41, 5.74) is 2.87. The number of aromatic nitrogens is 1. The molecule has 1 saturated heterocycles. The van der Waals surface area contributed by atoms with Crippen molar-refractivity contribution in [3.63, 3.8) is 0 Å². The normalized spacial score (nSPS) is 16.5. The Kier molecular flexibility index (Phi) is 5.70. The summed E-state index contributed by atoms with van der Waals surface area (Å²) in [5.74, 6) is 0.782. The van der Waals surface area contributed by atoms with Crippen LogP contribution in [0.2, 0.25) is 0 Å². The zero-order valence-corrected chi connectivity index (χ0v) is 15.9. The predicted molar refractivity (Wildman–Crippen MR) is 109 cm³/mol. The molecule has 138 valence electrons. The highest BCUT2D eigenvalue weighted by Gasteiger charge is 2.16. The van der Waals surface area contributed by atoms with E-state index in [1.165, 1.54) is 5.56 Å². The first-order valence-corrected chi connectivity index (χ1v) is 10.2. The van der Waals surface area contributed by atoms with Crippen molar-refractivity contribution in [1.29, 1.82) is 0 Å². The molecule has 1 N–H and O–H groups in total. The first-order valence-electron chi connectivity index (χ1n) is 9.25. The zero-order chi connectivity index (χ0) is 18.5. The fourth-order valence-electron chi connectivity index (χ4n) is 3.15. The summed E-state index contributed by atoms with van der Waals surface area (Å²) in [7, 11) is 0. The maximum Gasteiger partial charge on any atom is 0.251 e. The number of pyridine rings is 1. The second kappa shape index (κ2) is 8.55. The Morgan fingerprint density at radius 1 is 1.11 bits per heavy atom. The van der Waals surface area contributed by atoms with Crippen LogP contribution in [-0.4, -0.2) is 30.1 Å². The third kappa shape index (κ3) is 4.67. The number of benzene rings is 2. The summed E-state index contributed by atoms with van der Waals surface area (Å²) in [5, 5.41) is 5.12. The number of nitrogens with one attached hydrogen (secondary N) is 1. The third-order valence-electron chi connectivity index (χ3n) is 4.69. The monoisotopic (exact) mass is 378 g/mol. The molecule has 3 aromatic rings. The quantitative estimate of drug-likeness (QED) is 0.645. The van der Waals surface area contributed by atoms with Gasteiger partial charge < -0.3 is 10.1 Å². The number of fused-ring (bicyclic) bond motifs is 1. The molecule has 1 amide bonds. The van der Waals surface area contributed by atoms with E-state index in [0.717, 1.165) is 41.1 Å². The highest BCUT2D eigenvalue weighted by atomic mass is 32.2. The van der Waals surface area contributed by atoms with Crippen molar-refractivity contribution in [1.82, 2.24) is 10.3 Å². The fourth-order valence-corrected chi connectivity index (χ4v) is 3.99. The molecule has 2 heterocycles. The van der Waals surface area contributed by atoms with E-state index in [4.69, 9.17) is 4.74 Å². The lowest BCUT2D eigenvalue weighted by Gasteiger charge is -2.11. The van der Waals surface area contributed by atoms with Crippen LogP contribution in [0.25, 0.3) is 10.9 Å². The van der Waals surface area contributed by atoms with Gasteiger partial charge in [0.25, 0.3) is 5.91 Å². The number of nitrogens with zero attached hydrogens (tertiary/aromatic N) is 1. The van der Waals surface area contributed by atoms with E-state index < -0.39 is 0 Å². The van der Waals surface area contributed by atoms with E-state index in [1.54, 1.807) is 11.8 Å². The fraction of sp³-hybridized carbons (Fsp3) is 0.273. The minimum absolute atomic E-state index is 0.0408.